The van der Waals surface area contributed by atoms with E-state index in [1.807, 2.05) is 6.92 Å². The van der Waals surface area contributed by atoms with Crippen molar-refractivity contribution in [1.82, 2.24) is 14.8 Å². The Bertz CT molecular complexity index is 1170. The maximum Gasteiger partial charge on any atom is 0.416 e. The van der Waals surface area contributed by atoms with Crippen molar-refractivity contribution in [3.63, 3.8) is 0 Å². The molecule has 0 unspecified atom stereocenters. The predicted molar refractivity (Wildman–Crippen MR) is 109 cm³/mol. The van der Waals surface area contributed by atoms with Gasteiger partial charge in [0.15, 0.2) is 5.69 Å². The van der Waals surface area contributed by atoms with Crippen molar-refractivity contribution in [2.24, 2.45) is 0 Å². The number of methoxy groups -OCH3 is 1. The molecule has 2 aromatic heterocycles. The van der Waals surface area contributed by atoms with Crippen molar-refractivity contribution in [1.29, 1.82) is 0 Å². The summed E-state index contributed by atoms with van der Waals surface area (Å²) >= 11 is 0. The average molecular weight is 445 g/mol. The summed E-state index contributed by atoms with van der Waals surface area (Å²) < 4.78 is 45.2. The third-order valence-electron chi connectivity index (χ3n) is 5.07. The van der Waals surface area contributed by atoms with Crippen LogP contribution in [-0.4, -0.2) is 40.2 Å². The maximum absolute atomic E-state index is 13.2. The van der Waals surface area contributed by atoms with Crippen molar-refractivity contribution < 1.29 is 27.5 Å². The number of ether oxygens (including phenoxy) is 1. The van der Waals surface area contributed by atoms with Gasteiger partial charge in [-0.25, -0.2) is 0 Å². The van der Waals surface area contributed by atoms with E-state index in [1.165, 1.54) is 53.5 Å². The lowest BCUT2D eigenvalue weighted by atomic mass is 10.1. The second-order valence-electron chi connectivity index (χ2n) is 7.23. The van der Waals surface area contributed by atoms with E-state index >= 15 is 0 Å². The summed E-state index contributed by atoms with van der Waals surface area (Å²) in [7, 11) is 1.45. The lowest BCUT2D eigenvalue weighted by Crippen LogP contribution is -2.43. The lowest BCUT2D eigenvalue weighted by Gasteiger charge is -2.32. The SMILES string of the molecule is COc1cncc(C(=O)Nc2cnn3c2C(=O)N(c2ccc(C(F)(F)F)cc2)C[C@@H]3C)c1. The van der Waals surface area contributed by atoms with Crippen LogP contribution in [0.3, 0.4) is 0 Å². The van der Waals surface area contributed by atoms with Crippen molar-refractivity contribution in [2.45, 2.75) is 19.1 Å². The molecule has 0 spiro atoms. The van der Waals surface area contributed by atoms with Crippen molar-refractivity contribution >= 4 is 23.2 Å². The smallest absolute Gasteiger partial charge is 0.416 e. The van der Waals surface area contributed by atoms with Gasteiger partial charge in [-0.2, -0.15) is 18.3 Å². The van der Waals surface area contributed by atoms with Crippen LogP contribution in [0.4, 0.5) is 24.5 Å². The largest absolute Gasteiger partial charge is 0.495 e. The van der Waals surface area contributed by atoms with E-state index < -0.39 is 23.6 Å². The van der Waals surface area contributed by atoms with Crippen LogP contribution in [0, 0.1) is 0 Å². The molecule has 0 saturated heterocycles. The Balaban J connectivity index is 1.62. The first-order valence-electron chi connectivity index (χ1n) is 9.56. The molecule has 3 aromatic rings. The van der Waals surface area contributed by atoms with Gasteiger partial charge in [0, 0.05) is 18.4 Å². The molecule has 8 nitrogen and oxygen atoms in total. The van der Waals surface area contributed by atoms with Gasteiger partial charge in [0.25, 0.3) is 11.8 Å². The number of nitrogens with zero attached hydrogens (tertiary/aromatic N) is 4. The number of pyridine rings is 1. The number of carbonyl (C=O) groups excluding carboxylic acids is 2. The number of carbonyl (C=O) groups is 2. The summed E-state index contributed by atoms with van der Waals surface area (Å²) in [6, 6.07) is 5.58. The number of amides is 2. The van der Waals surface area contributed by atoms with Gasteiger partial charge in [-0.3, -0.25) is 19.3 Å². The van der Waals surface area contributed by atoms with Gasteiger partial charge in [0.05, 0.1) is 42.4 Å². The minimum atomic E-state index is -4.47. The highest BCUT2D eigenvalue weighted by Crippen LogP contribution is 2.33. The number of rotatable bonds is 4. The van der Waals surface area contributed by atoms with Crippen LogP contribution in [0.1, 0.15) is 39.4 Å². The number of hydrogen-bond acceptors (Lipinski definition) is 5. The predicted octanol–water partition coefficient (Wildman–Crippen LogP) is 3.78. The third-order valence-corrected chi connectivity index (χ3v) is 5.07. The topological polar surface area (TPSA) is 89.3 Å². The van der Waals surface area contributed by atoms with Crippen LogP contribution in [0.15, 0.2) is 48.9 Å². The maximum atomic E-state index is 13.2. The monoisotopic (exact) mass is 445 g/mol. The summed E-state index contributed by atoms with van der Waals surface area (Å²) in [5, 5.41) is 6.86. The number of halogens is 3. The number of nitrogens with one attached hydrogen (secondary N) is 1. The van der Waals surface area contributed by atoms with Gasteiger partial charge in [-0.15, -0.1) is 0 Å². The van der Waals surface area contributed by atoms with E-state index in [4.69, 9.17) is 4.74 Å². The molecule has 0 aliphatic carbocycles. The zero-order chi connectivity index (χ0) is 23.0. The minimum Gasteiger partial charge on any atom is -0.495 e. The molecule has 4 rings (SSSR count). The Morgan fingerprint density at radius 3 is 2.56 bits per heavy atom. The second kappa shape index (κ2) is 7.98. The molecule has 0 bridgehead atoms. The third kappa shape index (κ3) is 3.88. The van der Waals surface area contributed by atoms with Gasteiger partial charge in [-0.1, -0.05) is 0 Å². The molecule has 0 radical (unpaired) electrons. The highest BCUT2D eigenvalue weighted by atomic mass is 19.4. The van der Waals surface area contributed by atoms with Gasteiger partial charge in [0.2, 0.25) is 0 Å². The van der Waals surface area contributed by atoms with E-state index in [2.05, 4.69) is 15.4 Å². The van der Waals surface area contributed by atoms with Gasteiger partial charge >= 0.3 is 6.18 Å². The Morgan fingerprint density at radius 2 is 1.91 bits per heavy atom. The number of anilines is 2. The fourth-order valence-electron chi connectivity index (χ4n) is 3.46. The molecule has 0 saturated carbocycles. The van der Waals surface area contributed by atoms with Gasteiger partial charge in [0.1, 0.15) is 5.75 Å². The molecule has 32 heavy (non-hydrogen) atoms. The first-order chi connectivity index (χ1) is 15.2. The molecule has 1 N–H and O–H groups in total. The van der Waals surface area contributed by atoms with Crippen LogP contribution in [-0.2, 0) is 6.18 Å². The van der Waals surface area contributed by atoms with Gasteiger partial charge < -0.3 is 15.0 Å². The summed E-state index contributed by atoms with van der Waals surface area (Å²) in [4.78, 5) is 31.2. The summed E-state index contributed by atoms with van der Waals surface area (Å²) in [6.45, 7) is 2.03. The number of benzene rings is 1. The molecule has 1 aliphatic heterocycles. The summed E-state index contributed by atoms with van der Waals surface area (Å²) in [6.07, 6.45) is -0.299. The zero-order valence-corrected chi connectivity index (χ0v) is 17.1. The fraction of sp³-hybridized carbons (Fsp3) is 0.238. The van der Waals surface area contributed by atoms with Crippen LogP contribution >= 0.6 is 0 Å². The van der Waals surface area contributed by atoms with Gasteiger partial charge in [-0.05, 0) is 37.3 Å². The molecule has 1 aromatic carbocycles. The van der Waals surface area contributed by atoms with Crippen molar-refractivity contribution in [3.05, 3.63) is 65.7 Å². The van der Waals surface area contributed by atoms with E-state index in [-0.39, 0.29) is 29.5 Å². The van der Waals surface area contributed by atoms with Crippen molar-refractivity contribution in [2.75, 3.05) is 23.9 Å². The van der Waals surface area contributed by atoms with E-state index in [0.717, 1.165) is 12.1 Å². The summed E-state index contributed by atoms with van der Waals surface area (Å²) in [5.74, 6) is -0.605. The number of hydrogen-bond donors (Lipinski definition) is 1. The van der Waals surface area contributed by atoms with E-state index in [1.54, 1.807) is 0 Å². The lowest BCUT2D eigenvalue weighted by molar-refractivity contribution is -0.137. The molecule has 3 heterocycles. The van der Waals surface area contributed by atoms with Crippen LogP contribution < -0.4 is 15.0 Å². The second-order valence-corrected chi connectivity index (χ2v) is 7.23. The minimum absolute atomic E-state index is 0.132. The first kappa shape index (κ1) is 21.3. The first-order valence-corrected chi connectivity index (χ1v) is 9.56. The Labute approximate surface area is 180 Å². The van der Waals surface area contributed by atoms with E-state index in [9.17, 15) is 22.8 Å². The highest BCUT2D eigenvalue weighted by molar-refractivity contribution is 6.13. The standard InChI is InChI=1S/C21H18F3N5O3/c1-12-11-28(15-5-3-14(4-6-15)21(22,23)24)20(31)18-17(10-26-29(12)18)27-19(30)13-7-16(32-2)9-25-8-13/h3-10,12H,11H2,1-2H3,(H,27,30)/t12-/m0/s1. The van der Waals surface area contributed by atoms with Crippen LogP contribution in [0.2, 0.25) is 0 Å². The molecule has 166 valence electrons. The molecule has 1 aliphatic rings. The summed E-state index contributed by atoms with van der Waals surface area (Å²) in [5.41, 5.74) is 0.0551. The van der Waals surface area contributed by atoms with Crippen molar-refractivity contribution in [3.8, 4) is 5.75 Å². The molecular formula is C21H18F3N5O3. The normalized spacial score (nSPS) is 16.0. The Morgan fingerprint density at radius 1 is 1.19 bits per heavy atom. The van der Waals surface area contributed by atoms with Crippen LogP contribution in [0.25, 0.3) is 0 Å². The van der Waals surface area contributed by atoms with Crippen LogP contribution in [0.5, 0.6) is 5.75 Å². The Hall–Kier alpha value is -3.89. The molecule has 2 amide bonds. The highest BCUT2D eigenvalue weighted by Gasteiger charge is 2.35. The zero-order valence-electron chi connectivity index (χ0n) is 17.1. The number of fused-ring (bicyclic) bond motifs is 1. The fourth-order valence-corrected chi connectivity index (χ4v) is 3.46. The number of aromatic nitrogens is 3. The number of alkyl halides is 3. The molecule has 0 fully saturated rings. The molecular weight excluding hydrogens is 427 g/mol. The van der Waals surface area contributed by atoms with E-state index in [0.29, 0.717) is 11.4 Å². The molecule has 11 heteroatoms. The molecule has 1 atom stereocenters. The quantitative estimate of drug-likeness (QED) is 0.660. The Kier molecular flexibility index (Phi) is 5.33. The average Bonchev–Trinajstić information content (AvgIpc) is 3.20.